The number of halogens is 1. The largest absolute Gasteiger partial charge is 0.497 e. The summed E-state index contributed by atoms with van der Waals surface area (Å²) >= 11 is 0. The van der Waals surface area contributed by atoms with Crippen LogP contribution in [0.1, 0.15) is 54.2 Å². The molecule has 1 aliphatic rings. The third kappa shape index (κ3) is 5.64. The van der Waals surface area contributed by atoms with Gasteiger partial charge in [0.15, 0.2) is 0 Å². The maximum Gasteiger partial charge on any atom is 0.277 e. The molecule has 0 saturated heterocycles. The number of aromatic nitrogens is 1. The molecule has 7 nitrogen and oxygen atoms in total. The first-order chi connectivity index (χ1) is 17.5. The maximum absolute atomic E-state index is 14.0. The third-order valence-corrected chi connectivity index (χ3v) is 6.40. The Hall–Kier alpha value is -3.94. The van der Waals surface area contributed by atoms with Gasteiger partial charge in [0.2, 0.25) is 5.91 Å². The van der Waals surface area contributed by atoms with Crippen molar-refractivity contribution in [2.75, 3.05) is 19.1 Å². The molecule has 1 atom stereocenters. The topological polar surface area (TPSA) is 80.8 Å². The normalized spacial score (nSPS) is 14.5. The van der Waals surface area contributed by atoms with Crippen LogP contribution in [0.3, 0.4) is 0 Å². The minimum Gasteiger partial charge on any atom is -0.497 e. The lowest BCUT2D eigenvalue weighted by Crippen LogP contribution is -2.47. The van der Waals surface area contributed by atoms with Crippen molar-refractivity contribution in [1.29, 1.82) is 0 Å². The van der Waals surface area contributed by atoms with Gasteiger partial charge in [-0.15, -0.1) is 0 Å². The SMILES string of the molecule is COc1ccc([C@H](C(=O)NC2CCCCC2)N(C(=O)c2ccccn2)c2ccc(F)cc2)c(OC)c1. The van der Waals surface area contributed by atoms with Crippen molar-refractivity contribution in [2.45, 2.75) is 44.2 Å². The lowest BCUT2D eigenvalue weighted by Gasteiger charge is -2.34. The number of methoxy groups -OCH3 is 2. The standard InChI is InChI=1S/C28H30FN3O4/c1-35-22-15-16-23(25(18-22)36-2)26(27(33)31-20-8-4-3-5-9-20)32(21-13-11-19(29)12-14-21)28(34)24-10-6-7-17-30-24/h6-7,10-18,20,26H,3-5,8-9H2,1-2H3,(H,31,33)/t26-/m1/s1. The first-order valence-electron chi connectivity index (χ1n) is 12.0. The van der Waals surface area contributed by atoms with Crippen molar-refractivity contribution in [2.24, 2.45) is 0 Å². The molecule has 1 N–H and O–H groups in total. The molecule has 0 spiro atoms. The number of carbonyl (C=O) groups is 2. The van der Waals surface area contributed by atoms with E-state index in [4.69, 9.17) is 9.47 Å². The van der Waals surface area contributed by atoms with E-state index in [0.717, 1.165) is 32.1 Å². The Morgan fingerprint density at radius 1 is 1.00 bits per heavy atom. The molecule has 0 unspecified atom stereocenters. The van der Waals surface area contributed by atoms with Crippen LogP contribution in [0.15, 0.2) is 66.9 Å². The summed E-state index contributed by atoms with van der Waals surface area (Å²) in [6, 6.07) is 14.5. The number of carbonyl (C=O) groups excluding carboxylic acids is 2. The average Bonchev–Trinajstić information content (AvgIpc) is 2.92. The van der Waals surface area contributed by atoms with Crippen molar-refractivity contribution >= 4 is 17.5 Å². The van der Waals surface area contributed by atoms with Crippen LogP contribution >= 0.6 is 0 Å². The number of ether oxygens (including phenoxy) is 2. The molecule has 1 heterocycles. The monoisotopic (exact) mass is 491 g/mol. The summed E-state index contributed by atoms with van der Waals surface area (Å²) in [5.74, 6) is -0.359. The number of amides is 2. The van der Waals surface area contributed by atoms with Gasteiger partial charge in [0, 0.05) is 29.6 Å². The van der Waals surface area contributed by atoms with Crippen molar-refractivity contribution in [1.82, 2.24) is 10.3 Å². The Morgan fingerprint density at radius 2 is 1.75 bits per heavy atom. The van der Waals surface area contributed by atoms with E-state index in [-0.39, 0.29) is 17.6 Å². The number of pyridine rings is 1. The molecule has 0 radical (unpaired) electrons. The number of nitrogens with zero attached hydrogens (tertiary/aromatic N) is 2. The van der Waals surface area contributed by atoms with Gasteiger partial charge in [-0.1, -0.05) is 25.3 Å². The van der Waals surface area contributed by atoms with E-state index in [1.54, 1.807) is 36.4 Å². The quantitative estimate of drug-likeness (QED) is 0.476. The average molecular weight is 492 g/mol. The van der Waals surface area contributed by atoms with Gasteiger partial charge in [0.1, 0.15) is 29.1 Å². The van der Waals surface area contributed by atoms with Crippen LogP contribution in [-0.4, -0.2) is 37.1 Å². The predicted molar refractivity (Wildman–Crippen MR) is 135 cm³/mol. The van der Waals surface area contributed by atoms with Crippen LogP contribution in [0.2, 0.25) is 0 Å². The summed E-state index contributed by atoms with van der Waals surface area (Å²) in [7, 11) is 3.04. The minimum atomic E-state index is -1.10. The van der Waals surface area contributed by atoms with Crippen LogP contribution in [-0.2, 0) is 4.79 Å². The molecule has 1 aliphatic carbocycles. The number of benzene rings is 2. The zero-order valence-electron chi connectivity index (χ0n) is 20.4. The highest BCUT2D eigenvalue weighted by atomic mass is 19.1. The molecule has 36 heavy (non-hydrogen) atoms. The summed E-state index contributed by atoms with van der Waals surface area (Å²) < 4.78 is 24.8. The van der Waals surface area contributed by atoms with E-state index in [0.29, 0.717) is 22.7 Å². The molecule has 1 aromatic heterocycles. The molecule has 0 bridgehead atoms. The van der Waals surface area contributed by atoms with E-state index in [1.165, 1.54) is 49.6 Å². The van der Waals surface area contributed by atoms with Crippen LogP contribution in [0.4, 0.5) is 10.1 Å². The highest BCUT2D eigenvalue weighted by Crippen LogP contribution is 2.37. The van der Waals surface area contributed by atoms with Crippen molar-refractivity contribution in [3.05, 3.63) is 83.9 Å². The van der Waals surface area contributed by atoms with Gasteiger partial charge in [-0.25, -0.2) is 4.39 Å². The molecule has 1 fully saturated rings. The van der Waals surface area contributed by atoms with Gasteiger partial charge in [-0.3, -0.25) is 19.5 Å². The number of nitrogens with one attached hydrogen (secondary N) is 1. The molecular weight excluding hydrogens is 461 g/mol. The van der Waals surface area contributed by atoms with E-state index in [9.17, 15) is 14.0 Å². The second kappa shape index (κ2) is 11.7. The smallest absolute Gasteiger partial charge is 0.277 e. The molecule has 1 saturated carbocycles. The molecule has 8 heteroatoms. The predicted octanol–water partition coefficient (Wildman–Crippen LogP) is 5.07. The van der Waals surface area contributed by atoms with Gasteiger partial charge in [-0.2, -0.15) is 0 Å². The summed E-state index contributed by atoms with van der Waals surface area (Å²) in [6.07, 6.45) is 6.49. The Bertz CT molecular complexity index is 1180. The maximum atomic E-state index is 14.0. The molecule has 4 rings (SSSR count). The molecular formula is C28H30FN3O4. The van der Waals surface area contributed by atoms with Crippen LogP contribution in [0.5, 0.6) is 11.5 Å². The van der Waals surface area contributed by atoms with E-state index in [2.05, 4.69) is 10.3 Å². The number of anilines is 1. The van der Waals surface area contributed by atoms with Gasteiger partial charge < -0.3 is 14.8 Å². The lowest BCUT2D eigenvalue weighted by molar-refractivity contribution is -0.123. The number of hydrogen-bond donors (Lipinski definition) is 1. The van der Waals surface area contributed by atoms with Gasteiger partial charge in [0.25, 0.3) is 5.91 Å². The first kappa shape index (κ1) is 25.2. The third-order valence-electron chi connectivity index (χ3n) is 6.40. The Kier molecular flexibility index (Phi) is 8.15. The van der Waals surface area contributed by atoms with Crippen LogP contribution in [0.25, 0.3) is 0 Å². The minimum absolute atomic E-state index is 0.0120. The summed E-state index contributed by atoms with van der Waals surface area (Å²) in [6.45, 7) is 0. The first-order valence-corrected chi connectivity index (χ1v) is 12.0. The molecule has 2 amide bonds. The Morgan fingerprint density at radius 3 is 2.39 bits per heavy atom. The van der Waals surface area contributed by atoms with Crippen molar-refractivity contribution in [3.63, 3.8) is 0 Å². The van der Waals surface area contributed by atoms with Crippen molar-refractivity contribution < 1.29 is 23.5 Å². The summed E-state index contributed by atoms with van der Waals surface area (Å²) in [5, 5.41) is 3.15. The zero-order chi connectivity index (χ0) is 25.5. The second-order valence-electron chi connectivity index (χ2n) is 8.72. The molecule has 0 aliphatic heterocycles. The Balaban J connectivity index is 1.86. The van der Waals surface area contributed by atoms with Crippen LogP contribution < -0.4 is 19.7 Å². The summed E-state index contributed by atoms with van der Waals surface area (Å²) in [4.78, 5) is 33.4. The fraction of sp³-hybridized carbons (Fsp3) is 0.321. The van der Waals surface area contributed by atoms with Gasteiger partial charge in [0.05, 0.1) is 14.2 Å². The zero-order valence-corrected chi connectivity index (χ0v) is 20.4. The second-order valence-corrected chi connectivity index (χ2v) is 8.72. The summed E-state index contributed by atoms with van der Waals surface area (Å²) in [5.41, 5.74) is 0.985. The number of hydrogen-bond acceptors (Lipinski definition) is 5. The Labute approximate surface area is 210 Å². The fourth-order valence-corrected chi connectivity index (χ4v) is 4.57. The van der Waals surface area contributed by atoms with E-state index >= 15 is 0 Å². The number of rotatable bonds is 8. The van der Waals surface area contributed by atoms with E-state index < -0.39 is 17.8 Å². The molecule has 3 aromatic rings. The van der Waals surface area contributed by atoms with Crippen molar-refractivity contribution in [3.8, 4) is 11.5 Å². The highest BCUT2D eigenvalue weighted by molar-refractivity contribution is 6.09. The van der Waals surface area contributed by atoms with Gasteiger partial charge >= 0.3 is 0 Å². The van der Waals surface area contributed by atoms with E-state index in [1.807, 2.05) is 0 Å². The highest BCUT2D eigenvalue weighted by Gasteiger charge is 2.37. The fourth-order valence-electron chi connectivity index (χ4n) is 4.57. The lowest BCUT2D eigenvalue weighted by atomic mass is 9.94. The van der Waals surface area contributed by atoms with Gasteiger partial charge in [-0.05, 0) is 61.4 Å². The van der Waals surface area contributed by atoms with Crippen LogP contribution in [0, 0.1) is 5.82 Å². The molecule has 2 aromatic carbocycles. The molecule has 188 valence electrons.